The van der Waals surface area contributed by atoms with E-state index >= 15 is 0 Å². The van der Waals surface area contributed by atoms with Crippen LogP contribution in [0.3, 0.4) is 0 Å². The number of pyridine rings is 1. The van der Waals surface area contributed by atoms with Gasteiger partial charge in [0, 0.05) is 31.6 Å². The van der Waals surface area contributed by atoms with Crippen LogP contribution in [-0.2, 0) is 11.8 Å². The van der Waals surface area contributed by atoms with Crippen LogP contribution in [0.15, 0.2) is 18.3 Å². The van der Waals surface area contributed by atoms with Crippen LogP contribution in [0.2, 0.25) is 0 Å². The van der Waals surface area contributed by atoms with Crippen LogP contribution in [0.4, 0.5) is 0 Å². The predicted molar refractivity (Wildman–Crippen MR) is 90.2 cm³/mol. The molecule has 0 saturated carbocycles. The van der Waals surface area contributed by atoms with Crippen LogP contribution in [0, 0.1) is 13.8 Å². The first-order chi connectivity index (χ1) is 11.5. The van der Waals surface area contributed by atoms with Crippen LogP contribution >= 0.6 is 0 Å². The smallest absolute Gasteiger partial charge is 0.257 e. The first-order valence-electron chi connectivity index (χ1n) is 7.83. The maximum atomic E-state index is 12.6. The van der Waals surface area contributed by atoms with E-state index in [-0.39, 0.29) is 11.9 Å². The topological polar surface area (TPSA) is 78.3 Å². The van der Waals surface area contributed by atoms with E-state index in [1.54, 1.807) is 25.4 Å². The second kappa shape index (κ2) is 7.92. The molecule has 130 valence electrons. The van der Waals surface area contributed by atoms with Gasteiger partial charge in [0.15, 0.2) is 0 Å². The van der Waals surface area contributed by atoms with Gasteiger partial charge in [0.25, 0.3) is 5.91 Å². The maximum Gasteiger partial charge on any atom is 0.257 e. The zero-order chi connectivity index (χ0) is 17.7. The molecule has 2 heterocycles. The van der Waals surface area contributed by atoms with Crippen LogP contribution < -0.4 is 10.1 Å². The van der Waals surface area contributed by atoms with E-state index in [9.17, 15) is 4.79 Å². The molecule has 2 aromatic rings. The van der Waals surface area contributed by atoms with E-state index in [0.29, 0.717) is 24.7 Å². The molecule has 7 nitrogen and oxygen atoms in total. The highest BCUT2D eigenvalue weighted by atomic mass is 16.5. The molecular formula is C17H24N4O3. The Morgan fingerprint density at radius 2 is 2.12 bits per heavy atom. The molecule has 0 aliphatic carbocycles. The van der Waals surface area contributed by atoms with Gasteiger partial charge in [-0.25, -0.2) is 4.98 Å². The Kier molecular flexibility index (Phi) is 5.92. The summed E-state index contributed by atoms with van der Waals surface area (Å²) < 4.78 is 12.3. The predicted octanol–water partition coefficient (Wildman–Crippen LogP) is 1.95. The lowest BCUT2D eigenvalue weighted by molar-refractivity contribution is 0.0930. The van der Waals surface area contributed by atoms with E-state index in [1.807, 2.05) is 32.5 Å². The lowest BCUT2D eigenvalue weighted by Crippen LogP contribution is -2.28. The highest BCUT2D eigenvalue weighted by Crippen LogP contribution is 2.22. The third-order valence-electron chi connectivity index (χ3n) is 3.89. The molecule has 24 heavy (non-hydrogen) atoms. The monoisotopic (exact) mass is 332 g/mol. The molecule has 1 amide bonds. The first-order valence-corrected chi connectivity index (χ1v) is 7.83. The minimum atomic E-state index is -0.231. The molecule has 1 N–H and O–H groups in total. The number of ether oxygens (including phenoxy) is 2. The molecule has 0 aromatic carbocycles. The fourth-order valence-corrected chi connectivity index (χ4v) is 2.66. The van der Waals surface area contributed by atoms with Gasteiger partial charge in [-0.15, -0.1) is 0 Å². The van der Waals surface area contributed by atoms with Crippen molar-refractivity contribution in [2.75, 3.05) is 20.3 Å². The van der Waals surface area contributed by atoms with Crippen molar-refractivity contribution < 1.29 is 14.3 Å². The summed E-state index contributed by atoms with van der Waals surface area (Å²) in [5, 5.41) is 7.39. The van der Waals surface area contributed by atoms with Crippen molar-refractivity contribution in [1.82, 2.24) is 20.1 Å². The van der Waals surface area contributed by atoms with Gasteiger partial charge in [-0.3, -0.25) is 9.48 Å². The Bertz CT molecular complexity index is 712. The number of carbonyl (C=O) groups excluding carboxylic acids is 1. The number of rotatable bonds is 7. The molecule has 7 heteroatoms. The molecule has 0 unspecified atom stereocenters. The molecule has 0 bridgehead atoms. The van der Waals surface area contributed by atoms with Gasteiger partial charge in [0.05, 0.1) is 18.3 Å². The van der Waals surface area contributed by atoms with Gasteiger partial charge in [-0.05, 0) is 32.9 Å². The number of hydrogen-bond donors (Lipinski definition) is 1. The summed E-state index contributed by atoms with van der Waals surface area (Å²) in [7, 11) is 3.49. The number of aromatic nitrogens is 3. The van der Waals surface area contributed by atoms with Crippen LogP contribution in [0.1, 0.15) is 40.3 Å². The summed E-state index contributed by atoms with van der Waals surface area (Å²) >= 11 is 0. The molecule has 0 fully saturated rings. The Balaban J connectivity index is 2.15. The van der Waals surface area contributed by atoms with Crippen molar-refractivity contribution in [3.63, 3.8) is 0 Å². The average Bonchev–Trinajstić information content (AvgIpc) is 2.80. The minimum absolute atomic E-state index is 0.168. The molecule has 0 aliphatic heterocycles. The van der Waals surface area contributed by atoms with Crippen molar-refractivity contribution in [2.45, 2.75) is 26.8 Å². The fraction of sp³-hybridized carbons (Fsp3) is 0.471. The number of nitrogens with one attached hydrogen (secondary N) is 1. The maximum absolute atomic E-state index is 12.6. The Hall–Kier alpha value is -2.41. The summed E-state index contributed by atoms with van der Waals surface area (Å²) in [5.41, 5.74) is 3.37. The van der Waals surface area contributed by atoms with Gasteiger partial charge in [0.1, 0.15) is 12.2 Å². The van der Waals surface area contributed by atoms with E-state index in [1.165, 1.54) is 0 Å². The molecule has 1 atom stereocenters. The van der Waals surface area contributed by atoms with Crippen molar-refractivity contribution in [2.24, 2.45) is 7.05 Å². The second-order valence-electron chi connectivity index (χ2n) is 5.60. The van der Waals surface area contributed by atoms with Gasteiger partial charge in [-0.2, -0.15) is 5.10 Å². The van der Waals surface area contributed by atoms with Crippen LogP contribution in [-0.4, -0.2) is 41.0 Å². The zero-order valence-electron chi connectivity index (χ0n) is 14.8. The number of amides is 1. The van der Waals surface area contributed by atoms with E-state index < -0.39 is 0 Å². The molecule has 2 rings (SSSR count). The normalized spacial score (nSPS) is 12.0. The van der Waals surface area contributed by atoms with E-state index in [2.05, 4.69) is 15.4 Å². The minimum Gasteiger partial charge on any atom is -0.475 e. The number of methoxy groups -OCH3 is 1. The second-order valence-corrected chi connectivity index (χ2v) is 5.60. The Morgan fingerprint density at radius 3 is 2.75 bits per heavy atom. The standard InChI is InChI=1S/C17H24N4O3/c1-11(15-12(2)20-21(4)13(15)3)19-16(22)14-7-6-8-18-17(14)24-10-9-23-5/h6-8,11H,9-10H2,1-5H3,(H,19,22)/t11-/m0/s1. The van der Waals surface area contributed by atoms with Crippen LogP contribution in [0.25, 0.3) is 0 Å². The number of hydrogen-bond acceptors (Lipinski definition) is 5. The van der Waals surface area contributed by atoms with Crippen molar-refractivity contribution in [3.8, 4) is 5.88 Å². The molecule has 0 aliphatic rings. The molecule has 2 aromatic heterocycles. The largest absolute Gasteiger partial charge is 0.475 e. The summed E-state index contributed by atoms with van der Waals surface area (Å²) in [5.74, 6) is 0.0737. The number of nitrogens with zero attached hydrogens (tertiary/aromatic N) is 3. The fourth-order valence-electron chi connectivity index (χ4n) is 2.66. The highest BCUT2D eigenvalue weighted by Gasteiger charge is 2.21. The van der Waals surface area contributed by atoms with Crippen LogP contribution in [0.5, 0.6) is 5.88 Å². The molecular weight excluding hydrogens is 308 g/mol. The highest BCUT2D eigenvalue weighted by molar-refractivity contribution is 5.96. The van der Waals surface area contributed by atoms with Gasteiger partial charge < -0.3 is 14.8 Å². The van der Waals surface area contributed by atoms with Gasteiger partial charge in [-0.1, -0.05) is 0 Å². The summed E-state index contributed by atoms with van der Waals surface area (Å²) in [4.78, 5) is 16.8. The third-order valence-corrected chi connectivity index (χ3v) is 3.89. The average molecular weight is 332 g/mol. The number of aryl methyl sites for hydroxylation is 2. The summed E-state index contributed by atoms with van der Waals surface area (Å²) in [6, 6.07) is 3.24. The van der Waals surface area contributed by atoms with Crippen molar-refractivity contribution in [3.05, 3.63) is 40.8 Å². The molecule has 0 saturated heterocycles. The summed E-state index contributed by atoms with van der Waals surface area (Å²) in [6.07, 6.45) is 1.59. The molecule has 0 spiro atoms. The zero-order valence-corrected chi connectivity index (χ0v) is 14.8. The van der Waals surface area contributed by atoms with Crippen molar-refractivity contribution >= 4 is 5.91 Å². The van der Waals surface area contributed by atoms with Gasteiger partial charge >= 0.3 is 0 Å². The SMILES string of the molecule is COCCOc1ncccc1C(=O)N[C@@H](C)c1c(C)nn(C)c1C. The summed E-state index contributed by atoms with van der Waals surface area (Å²) in [6.45, 7) is 6.64. The lowest BCUT2D eigenvalue weighted by atomic mass is 10.1. The van der Waals surface area contributed by atoms with Gasteiger partial charge in [0.2, 0.25) is 5.88 Å². The first kappa shape index (κ1) is 17.9. The lowest BCUT2D eigenvalue weighted by Gasteiger charge is -2.16. The Morgan fingerprint density at radius 1 is 1.38 bits per heavy atom. The Labute approximate surface area is 142 Å². The molecule has 0 radical (unpaired) electrons. The third kappa shape index (κ3) is 3.91. The van der Waals surface area contributed by atoms with E-state index in [0.717, 1.165) is 17.0 Å². The van der Waals surface area contributed by atoms with E-state index in [4.69, 9.17) is 9.47 Å². The quantitative estimate of drug-likeness (QED) is 0.784. The van der Waals surface area contributed by atoms with Crippen molar-refractivity contribution in [1.29, 1.82) is 0 Å². The number of carbonyl (C=O) groups is 1.